The number of benzene rings is 2. The van der Waals surface area contributed by atoms with E-state index in [1.54, 1.807) is 55.2 Å². The highest BCUT2D eigenvalue weighted by Gasteiger charge is 2.22. The molecule has 0 bridgehead atoms. The number of ether oxygens (including phenoxy) is 3. The molecule has 2 aromatic carbocycles. The molecule has 1 saturated heterocycles. The number of carbonyl (C=O) groups is 1. The van der Waals surface area contributed by atoms with E-state index in [2.05, 4.69) is 4.90 Å². The maximum atomic E-state index is 13.6. The molecule has 1 aliphatic heterocycles. The van der Waals surface area contributed by atoms with Crippen LogP contribution in [-0.2, 0) is 4.74 Å². The van der Waals surface area contributed by atoms with Crippen LogP contribution in [-0.4, -0.2) is 61.4 Å². The van der Waals surface area contributed by atoms with Gasteiger partial charge in [0.05, 0.1) is 43.5 Å². The first-order chi connectivity index (χ1) is 15.0. The van der Waals surface area contributed by atoms with Crippen molar-refractivity contribution in [1.82, 2.24) is 9.55 Å². The SMILES string of the molecule is COC(=O)c1ccc2c(=O)n(-c3cc(OC)cc(OC)c3)c(N3CCSCC3)nc2c1. The maximum absolute atomic E-state index is 13.6. The van der Waals surface area contributed by atoms with Crippen molar-refractivity contribution in [2.75, 3.05) is 50.8 Å². The Labute approximate surface area is 183 Å². The van der Waals surface area contributed by atoms with Crippen LogP contribution in [0.4, 0.5) is 5.95 Å². The van der Waals surface area contributed by atoms with E-state index >= 15 is 0 Å². The van der Waals surface area contributed by atoms with Crippen molar-refractivity contribution in [3.05, 3.63) is 52.3 Å². The third kappa shape index (κ3) is 4.05. The van der Waals surface area contributed by atoms with E-state index in [0.717, 1.165) is 24.6 Å². The zero-order valence-corrected chi connectivity index (χ0v) is 18.4. The number of hydrogen-bond donors (Lipinski definition) is 0. The molecule has 4 rings (SSSR count). The predicted octanol–water partition coefficient (Wildman–Crippen LogP) is 2.74. The Hall–Kier alpha value is -3.20. The summed E-state index contributed by atoms with van der Waals surface area (Å²) in [5.41, 5.74) is 1.17. The topological polar surface area (TPSA) is 82.9 Å². The number of thioether (sulfide) groups is 1. The first-order valence-electron chi connectivity index (χ1n) is 9.77. The summed E-state index contributed by atoms with van der Waals surface area (Å²) >= 11 is 1.87. The van der Waals surface area contributed by atoms with E-state index in [4.69, 9.17) is 19.2 Å². The van der Waals surface area contributed by atoms with Crippen LogP contribution in [0.1, 0.15) is 10.4 Å². The van der Waals surface area contributed by atoms with Crippen LogP contribution < -0.4 is 19.9 Å². The molecule has 0 atom stereocenters. The Morgan fingerprint density at radius 1 is 1.00 bits per heavy atom. The van der Waals surface area contributed by atoms with Crippen LogP contribution in [0.2, 0.25) is 0 Å². The second kappa shape index (κ2) is 8.89. The van der Waals surface area contributed by atoms with Crippen LogP contribution in [0.5, 0.6) is 11.5 Å². The minimum atomic E-state index is -0.471. The first kappa shape index (κ1) is 21.0. The molecule has 8 nitrogen and oxygen atoms in total. The molecule has 0 unspecified atom stereocenters. The van der Waals surface area contributed by atoms with Gasteiger partial charge in [-0.15, -0.1) is 0 Å². The lowest BCUT2D eigenvalue weighted by atomic mass is 10.1. The lowest BCUT2D eigenvalue weighted by Crippen LogP contribution is -2.38. The molecule has 0 spiro atoms. The zero-order valence-electron chi connectivity index (χ0n) is 17.6. The van der Waals surface area contributed by atoms with E-state index in [0.29, 0.717) is 39.6 Å². The average Bonchev–Trinajstić information content (AvgIpc) is 2.83. The van der Waals surface area contributed by atoms with Gasteiger partial charge in [-0.25, -0.2) is 14.3 Å². The molecule has 0 amide bonds. The Kier molecular flexibility index (Phi) is 6.03. The molecule has 1 aliphatic rings. The number of carbonyl (C=O) groups excluding carboxylic acids is 1. The molecule has 0 saturated carbocycles. The normalized spacial score (nSPS) is 13.8. The summed E-state index contributed by atoms with van der Waals surface area (Å²) in [6.07, 6.45) is 0. The second-order valence-corrected chi connectivity index (χ2v) is 8.17. The Balaban J connectivity index is 1.99. The smallest absolute Gasteiger partial charge is 0.337 e. The minimum Gasteiger partial charge on any atom is -0.497 e. The van der Waals surface area contributed by atoms with E-state index in [9.17, 15) is 9.59 Å². The van der Waals surface area contributed by atoms with Crippen LogP contribution >= 0.6 is 11.8 Å². The molecule has 1 aromatic heterocycles. The number of aromatic nitrogens is 2. The van der Waals surface area contributed by atoms with Crippen molar-refractivity contribution in [2.45, 2.75) is 0 Å². The molecule has 0 aliphatic carbocycles. The van der Waals surface area contributed by atoms with Crippen molar-refractivity contribution in [1.29, 1.82) is 0 Å². The summed E-state index contributed by atoms with van der Waals surface area (Å²) in [6.45, 7) is 1.53. The number of fused-ring (bicyclic) bond motifs is 1. The number of nitrogens with zero attached hydrogens (tertiary/aromatic N) is 3. The Morgan fingerprint density at radius 3 is 2.29 bits per heavy atom. The van der Waals surface area contributed by atoms with Gasteiger partial charge in [0.1, 0.15) is 11.5 Å². The monoisotopic (exact) mass is 441 g/mol. The highest BCUT2D eigenvalue weighted by atomic mass is 32.2. The van der Waals surface area contributed by atoms with Gasteiger partial charge in [0, 0.05) is 42.8 Å². The Bertz CT molecular complexity index is 1170. The fourth-order valence-corrected chi connectivity index (χ4v) is 4.45. The van der Waals surface area contributed by atoms with Gasteiger partial charge in [0.15, 0.2) is 0 Å². The summed E-state index contributed by atoms with van der Waals surface area (Å²) in [7, 11) is 4.46. The van der Waals surface area contributed by atoms with Crippen LogP contribution in [0.15, 0.2) is 41.2 Å². The molecule has 2 heterocycles. The zero-order chi connectivity index (χ0) is 22.0. The number of anilines is 1. The van der Waals surface area contributed by atoms with Gasteiger partial charge in [-0.2, -0.15) is 11.8 Å². The standard InChI is InChI=1S/C22H23N3O5S/c1-28-16-11-15(12-17(13-16)29-2)25-20(26)18-5-4-14(21(27)30-3)10-19(18)23-22(25)24-6-8-31-9-7-24/h4-5,10-13H,6-9H2,1-3H3. The van der Waals surface area contributed by atoms with Gasteiger partial charge in [-0.3, -0.25) is 4.79 Å². The highest BCUT2D eigenvalue weighted by Crippen LogP contribution is 2.28. The molecule has 0 N–H and O–H groups in total. The summed E-state index contributed by atoms with van der Waals surface area (Å²) in [6, 6.07) is 10.1. The van der Waals surface area contributed by atoms with Crippen molar-refractivity contribution < 1.29 is 19.0 Å². The largest absolute Gasteiger partial charge is 0.497 e. The van der Waals surface area contributed by atoms with Gasteiger partial charge >= 0.3 is 5.97 Å². The molecule has 162 valence electrons. The van der Waals surface area contributed by atoms with Crippen LogP contribution in [0.25, 0.3) is 16.6 Å². The lowest BCUT2D eigenvalue weighted by molar-refractivity contribution is 0.0601. The van der Waals surface area contributed by atoms with E-state index < -0.39 is 5.97 Å². The van der Waals surface area contributed by atoms with E-state index in [-0.39, 0.29) is 5.56 Å². The second-order valence-electron chi connectivity index (χ2n) is 6.95. The molecule has 0 radical (unpaired) electrons. The fourth-order valence-electron chi connectivity index (χ4n) is 3.55. The van der Waals surface area contributed by atoms with Gasteiger partial charge in [0.25, 0.3) is 5.56 Å². The maximum Gasteiger partial charge on any atom is 0.337 e. The van der Waals surface area contributed by atoms with Gasteiger partial charge < -0.3 is 19.1 Å². The summed E-state index contributed by atoms with van der Waals surface area (Å²) in [5, 5.41) is 0.407. The first-order valence-corrected chi connectivity index (χ1v) is 10.9. The van der Waals surface area contributed by atoms with E-state index in [1.165, 1.54) is 7.11 Å². The predicted molar refractivity (Wildman–Crippen MR) is 121 cm³/mol. The number of hydrogen-bond acceptors (Lipinski definition) is 8. The van der Waals surface area contributed by atoms with Crippen molar-refractivity contribution >= 4 is 34.6 Å². The lowest BCUT2D eigenvalue weighted by Gasteiger charge is -2.29. The number of methoxy groups -OCH3 is 3. The molecule has 1 fully saturated rings. The third-order valence-corrected chi connectivity index (χ3v) is 6.10. The molecule has 3 aromatic rings. The van der Waals surface area contributed by atoms with Crippen LogP contribution in [0, 0.1) is 0 Å². The average molecular weight is 442 g/mol. The molecule has 31 heavy (non-hydrogen) atoms. The quantitative estimate of drug-likeness (QED) is 0.559. The Morgan fingerprint density at radius 2 is 1.68 bits per heavy atom. The minimum absolute atomic E-state index is 0.232. The molecule has 9 heteroatoms. The third-order valence-electron chi connectivity index (χ3n) is 5.16. The van der Waals surface area contributed by atoms with Crippen molar-refractivity contribution in [3.8, 4) is 17.2 Å². The van der Waals surface area contributed by atoms with Gasteiger partial charge in [0.2, 0.25) is 5.95 Å². The molecular formula is C22H23N3O5S. The molecular weight excluding hydrogens is 418 g/mol. The van der Waals surface area contributed by atoms with E-state index in [1.807, 2.05) is 11.8 Å². The number of rotatable bonds is 5. The van der Waals surface area contributed by atoms with Crippen molar-refractivity contribution in [3.63, 3.8) is 0 Å². The summed E-state index contributed by atoms with van der Waals surface area (Å²) in [5.74, 6) is 3.08. The summed E-state index contributed by atoms with van der Waals surface area (Å²) < 4.78 is 17.2. The van der Waals surface area contributed by atoms with Crippen LogP contribution in [0.3, 0.4) is 0 Å². The number of esters is 1. The fraction of sp³-hybridized carbons (Fsp3) is 0.318. The highest BCUT2D eigenvalue weighted by molar-refractivity contribution is 7.99. The van der Waals surface area contributed by atoms with Crippen molar-refractivity contribution in [2.24, 2.45) is 0 Å². The van der Waals surface area contributed by atoms with Gasteiger partial charge in [-0.1, -0.05) is 0 Å². The summed E-state index contributed by atoms with van der Waals surface area (Å²) in [4.78, 5) is 32.5. The van der Waals surface area contributed by atoms with Gasteiger partial charge in [-0.05, 0) is 18.2 Å².